The number of benzene rings is 2. The van der Waals surface area contributed by atoms with E-state index in [-0.39, 0.29) is 19.1 Å². The first-order valence-electron chi connectivity index (χ1n) is 8.01. The van der Waals surface area contributed by atoms with Gasteiger partial charge in [-0.25, -0.2) is 0 Å². The molecule has 4 nitrogen and oxygen atoms in total. The van der Waals surface area contributed by atoms with Gasteiger partial charge in [-0.05, 0) is 67.1 Å². The highest BCUT2D eigenvalue weighted by Gasteiger charge is 2.08. The van der Waals surface area contributed by atoms with Crippen molar-refractivity contribution >= 4 is 29.1 Å². The van der Waals surface area contributed by atoms with Crippen LogP contribution in [0.15, 0.2) is 59.0 Å². The molecule has 0 radical (unpaired) electrons. The number of rotatable bonds is 6. The number of carbonyl (C=O) groups excluding carboxylic acids is 1. The topological polar surface area (TPSA) is 51.5 Å². The molecule has 0 aliphatic heterocycles. The molecule has 3 rings (SSSR count). The molecule has 6 heteroatoms. The quantitative estimate of drug-likeness (QED) is 0.625. The molecule has 0 atom stereocenters. The normalized spacial score (nSPS) is 10.6. The Hall–Kier alpha value is -2.43. The molecule has 0 bridgehead atoms. The lowest BCUT2D eigenvalue weighted by Gasteiger charge is -2.08. The first kappa shape index (κ1) is 18.4. The van der Waals surface area contributed by atoms with Gasteiger partial charge in [-0.15, -0.1) is 0 Å². The lowest BCUT2D eigenvalue weighted by molar-refractivity contribution is -0.123. The fourth-order valence-electron chi connectivity index (χ4n) is 2.33. The Bertz CT molecular complexity index is 904. The van der Waals surface area contributed by atoms with E-state index in [9.17, 15) is 4.79 Å². The molecule has 0 fully saturated rings. The molecule has 0 aliphatic rings. The Kier molecular flexibility index (Phi) is 5.86. The van der Waals surface area contributed by atoms with Crippen molar-refractivity contribution in [2.24, 2.45) is 0 Å². The van der Waals surface area contributed by atoms with E-state index in [0.717, 1.165) is 16.9 Å². The van der Waals surface area contributed by atoms with Crippen LogP contribution < -0.4 is 10.1 Å². The monoisotopic (exact) mass is 389 g/mol. The van der Waals surface area contributed by atoms with Crippen LogP contribution >= 0.6 is 23.2 Å². The molecule has 1 amide bonds. The second kappa shape index (κ2) is 8.30. The molecule has 0 aliphatic carbocycles. The summed E-state index contributed by atoms with van der Waals surface area (Å²) in [6, 6.07) is 16.3. The van der Waals surface area contributed by atoms with E-state index < -0.39 is 0 Å². The van der Waals surface area contributed by atoms with Crippen molar-refractivity contribution in [1.82, 2.24) is 5.32 Å². The summed E-state index contributed by atoms with van der Waals surface area (Å²) >= 11 is 11.8. The van der Waals surface area contributed by atoms with Gasteiger partial charge in [-0.2, -0.15) is 0 Å². The minimum atomic E-state index is -0.234. The van der Waals surface area contributed by atoms with Gasteiger partial charge in [0.2, 0.25) is 0 Å². The summed E-state index contributed by atoms with van der Waals surface area (Å²) in [4.78, 5) is 11.9. The van der Waals surface area contributed by atoms with Crippen LogP contribution in [0.2, 0.25) is 10.0 Å². The van der Waals surface area contributed by atoms with Crippen molar-refractivity contribution in [2.75, 3.05) is 6.61 Å². The van der Waals surface area contributed by atoms with E-state index in [2.05, 4.69) is 5.32 Å². The van der Waals surface area contributed by atoms with Crippen molar-refractivity contribution in [2.45, 2.75) is 13.5 Å². The molecule has 3 aromatic rings. The smallest absolute Gasteiger partial charge is 0.258 e. The van der Waals surface area contributed by atoms with Gasteiger partial charge in [-0.1, -0.05) is 23.2 Å². The third-order valence-corrected chi connectivity index (χ3v) is 4.43. The van der Waals surface area contributed by atoms with Crippen LogP contribution in [0.3, 0.4) is 0 Å². The lowest BCUT2D eigenvalue weighted by Crippen LogP contribution is -2.28. The average Bonchev–Trinajstić information content (AvgIpc) is 3.10. The van der Waals surface area contributed by atoms with E-state index in [1.807, 2.05) is 31.2 Å². The first-order valence-corrected chi connectivity index (χ1v) is 8.77. The summed E-state index contributed by atoms with van der Waals surface area (Å²) in [6.45, 7) is 2.09. The van der Waals surface area contributed by atoms with Gasteiger partial charge in [0.05, 0.1) is 6.54 Å². The highest BCUT2D eigenvalue weighted by Crippen LogP contribution is 2.24. The Morgan fingerprint density at radius 3 is 2.58 bits per heavy atom. The highest BCUT2D eigenvalue weighted by molar-refractivity contribution is 6.31. The minimum Gasteiger partial charge on any atom is -0.484 e. The number of amides is 1. The second-order valence-electron chi connectivity index (χ2n) is 5.75. The summed E-state index contributed by atoms with van der Waals surface area (Å²) in [5.74, 6) is 1.75. The van der Waals surface area contributed by atoms with E-state index >= 15 is 0 Å². The summed E-state index contributed by atoms with van der Waals surface area (Å²) < 4.78 is 11.2. The van der Waals surface area contributed by atoms with Crippen LogP contribution in [0, 0.1) is 6.92 Å². The number of carbonyl (C=O) groups is 1. The number of furan rings is 1. The molecule has 1 aromatic heterocycles. The molecule has 0 spiro atoms. The number of hydrogen-bond donors (Lipinski definition) is 1. The van der Waals surface area contributed by atoms with Crippen LogP contribution in [0.4, 0.5) is 0 Å². The third kappa shape index (κ3) is 4.81. The van der Waals surface area contributed by atoms with Crippen LogP contribution in [0.5, 0.6) is 5.75 Å². The maximum Gasteiger partial charge on any atom is 0.258 e. The predicted octanol–water partition coefficient (Wildman–Crippen LogP) is 5.26. The molecule has 0 saturated heterocycles. The van der Waals surface area contributed by atoms with Crippen LogP contribution in [0.25, 0.3) is 11.3 Å². The zero-order chi connectivity index (χ0) is 18.5. The summed E-state index contributed by atoms with van der Waals surface area (Å²) in [6.07, 6.45) is 0. The molecule has 26 heavy (non-hydrogen) atoms. The van der Waals surface area contributed by atoms with Gasteiger partial charge in [-0.3, -0.25) is 4.79 Å². The van der Waals surface area contributed by atoms with Crippen LogP contribution in [-0.4, -0.2) is 12.5 Å². The Morgan fingerprint density at radius 2 is 1.85 bits per heavy atom. The van der Waals surface area contributed by atoms with Crippen LogP contribution in [-0.2, 0) is 11.3 Å². The van der Waals surface area contributed by atoms with Gasteiger partial charge in [0.25, 0.3) is 5.91 Å². The number of aryl methyl sites for hydroxylation is 1. The molecule has 2 aromatic carbocycles. The maximum atomic E-state index is 11.9. The SMILES string of the molecule is Cc1cc(OCC(=O)NCc2ccc(-c3ccc(Cl)cc3)o2)ccc1Cl. The molecule has 1 N–H and O–H groups in total. The van der Waals surface area contributed by atoms with Crippen molar-refractivity contribution in [1.29, 1.82) is 0 Å². The fourth-order valence-corrected chi connectivity index (χ4v) is 2.58. The summed E-state index contributed by atoms with van der Waals surface area (Å²) in [5, 5.41) is 4.10. The van der Waals surface area contributed by atoms with E-state index in [4.69, 9.17) is 32.4 Å². The maximum absolute atomic E-state index is 11.9. The van der Waals surface area contributed by atoms with Crippen LogP contribution in [0.1, 0.15) is 11.3 Å². The van der Waals surface area contributed by atoms with E-state index in [0.29, 0.717) is 21.6 Å². The van der Waals surface area contributed by atoms with Gasteiger partial charge in [0.1, 0.15) is 17.3 Å². The minimum absolute atomic E-state index is 0.0776. The van der Waals surface area contributed by atoms with Crippen molar-refractivity contribution < 1.29 is 13.9 Å². The third-order valence-electron chi connectivity index (χ3n) is 3.75. The number of hydrogen-bond acceptors (Lipinski definition) is 3. The number of nitrogens with one attached hydrogen (secondary N) is 1. The molecule has 134 valence electrons. The molecule has 0 unspecified atom stereocenters. The standard InChI is InChI=1S/C20H17Cl2NO3/c1-13-10-16(6-8-18(13)22)25-12-20(24)23-11-17-7-9-19(26-17)14-2-4-15(21)5-3-14/h2-10H,11-12H2,1H3,(H,23,24). The summed E-state index contributed by atoms with van der Waals surface area (Å²) in [7, 11) is 0. The first-order chi connectivity index (χ1) is 12.5. The fraction of sp³-hybridized carbons (Fsp3) is 0.150. The van der Waals surface area contributed by atoms with Gasteiger partial charge < -0.3 is 14.5 Å². The predicted molar refractivity (Wildman–Crippen MR) is 103 cm³/mol. The van der Waals surface area contributed by atoms with Gasteiger partial charge >= 0.3 is 0 Å². The van der Waals surface area contributed by atoms with E-state index in [1.165, 1.54) is 0 Å². The Labute approximate surface area is 161 Å². The molecule has 0 saturated carbocycles. The molecule has 1 heterocycles. The zero-order valence-corrected chi connectivity index (χ0v) is 15.6. The molecular formula is C20H17Cl2NO3. The van der Waals surface area contributed by atoms with Crippen molar-refractivity contribution in [3.63, 3.8) is 0 Å². The number of ether oxygens (including phenoxy) is 1. The molecular weight excluding hydrogens is 373 g/mol. The second-order valence-corrected chi connectivity index (χ2v) is 6.59. The number of halogens is 2. The van der Waals surface area contributed by atoms with Gasteiger partial charge in [0.15, 0.2) is 6.61 Å². The van der Waals surface area contributed by atoms with Crippen molar-refractivity contribution in [3.8, 4) is 17.1 Å². The highest BCUT2D eigenvalue weighted by atomic mass is 35.5. The zero-order valence-electron chi connectivity index (χ0n) is 14.1. The van der Waals surface area contributed by atoms with Crippen molar-refractivity contribution in [3.05, 3.63) is 76.0 Å². The largest absolute Gasteiger partial charge is 0.484 e. The summed E-state index contributed by atoms with van der Waals surface area (Å²) in [5.41, 5.74) is 1.82. The lowest BCUT2D eigenvalue weighted by atomic mass is 10.2. The average molecular weight is 390 g/mol. The Balaban J connectivity index is 1.50. The Morgan fingerprint density at radius 1 is 1.08 bits per heavy atom. The van der Waals surface area contributed by atoms with E-state index in [1.54, 1.807) is 30.3 Å². The van der Waals surface area contributed by atoms with Gasteiger partial charge in [0, 0.05) is 15.6 Å².